The molecular weight excluding hydrogens is 413 g/mol. The second kappa shape index (κ2) is 7.11. The molecule has 0 aromatic carbocycles. The highest BCUT2D eigenvalue weighted by Gasteiger charge is 2.92. The van der Waals surface area contributed by atoms with Gasteiger partial charge in [-0.15, -0.1) is 0 Å². The van der Waals surface area contributed by atoms with E-state index in [4.69, 9.17) is 0 Å². The number of hydrogen-bond acceptors (Lipinski definition) is 4. The van der Waals surface area contributed by atoms with Crippen molar-refractivity contribution in [1.82, 2.24) is 0 Å². The van der Waals surface area contributed by atoms with E-state index in [-0.39, 0.29) is 38.7 Å². The molecule has 3 atom stereocenters. The summed E-state index contributed by atoms with van der Waals surface area (Å²) in [4.78, 5) is 11.7. The maximum atomic E-state index is 15.7. The lowest BCUT2D eigenvalue weighted by molar-refractivity contribution is -0.525. The molecule has 1 N–H and O–H groups in total. The van der Waals surface area contributed by atoms with E-state index in [1.807, 2.05) is 0 Å². The van der Waals surface area contributed by atoms with Gasteiger partial charge < -0.3 is 14.6 Å². The molecule has 168 valence electrons. The van der Waals surface area contributed by atoms with E-state index in [2.05, 4.69) is 16.1 Å². The van der Waals surface area contributed by atoms with Gasteiger partial charge in [0.2, 0.25) is 17.0 Å². The number of aliphatic hydroxyl groups is 1. The first-order valence-corrected chi connectivity index (χ1v) is 9.18. The van der Waals surface area contributed by atoms with Crippen LogP contribution in [0.4, 0.5) is 30.7 Å². The van der Waals surface area contributed by atoms with Crippen molar-refractivity contribution in [1.29, 1.82) is 0 Å². The Morgan fingerprint density at radius 3 is 2.10 bits per heavy atom. The Bertz CT molecular complexity index is 655. The van der Waals surface area contributed by atoms with Gasteiger partial charge in [0.05, 0.1) is 0 Å². The van der Waals surface area contributed by atoms with E-state index in [1.54, 1.807) is 0 Å². The van der Waals surface area contributed by atoms with Gasteiger partial charge in [-0.25, -0.2) is 4.79 Å². The van der Waals surface area contributed by atoms with Crippen LogP contribution in [0.5, 0.6) is 0 Å². The first kappa shape index (κ1) is 23.9. The zero-order valence-corrected chi connectivity index (χ0v) is 15.9. The molecule has 1 heterocycles. The summed E-state index contributed by atoms with van der Waals surface area (Å²) in [6.45, 7) is 3.81. The third-order valence-electron chi connectivity index (χ3n) is 5.96. The molecule has 29 heavy (non-hydrogen) atoms. The van der Waals surface area contributed by atoms with Crippen molar-refractivity contribution in [2.45, 2.75) is 87.4 Å². The molecule has 2 fully saturated rings. The molecule has 3 unspecified atom stereocenters. The van der Waals surface area contributed by atoms with E-state index in [9.17, 15) is 23.1 Å². The maximum Gasteiger partial charge on any atom is 0.424 e. The zero-order chi connectivity index (χ0) is 22.5. The normalized spacial score (nSPS) is 37.7. The Balaban J connectivity index is 2.88. The van der Waals surface area contributed by atoms with Crippen molar-refractivity contribution in [3.05, 3.63) is 12.7 Å². The fraction of sp³-hybridized carbons (Fsp3) is 0.833. The smallest absolute Gasteiger partial charge is 0.424 e. The lowest BCUT2D eigenvalue weighted by Gasteiger charge is -2.61. The largest absolute Gasteiger partial charge is 0.443 e. The number of alkyl halides is 7. The highest BCUT2D eigenvalue weighted by molar-refractivity contribution is 5.81. The molecule has 0 amide bonds. The Hall–Kier alpha value is -1.36. The number of esters is 1. The molecular formula is C18H23F7O4. The van der Waals surface area contributed by atoms with Gasteiger partial charge in [0, 0.05) is 12.0 Å². The topological polar surface area (TPSA) is 55.8 Å². The van der Waals surface area contributed by atoms with E-state index in [1.165, 1.54) is 0 Å². The summed E-state index contributed by atoms with van der Waals surface area (Å²) in [5.41, 5.74) is -8.80. The van der Waals surface area contributed by atoms with Crippen LogP contribution in [0.1, 0.15) is 52.4 Å². The molecule has 1 aliphatic heterocycles. The average molecular weight is 436 g/mol. The Morgan fingerprint density at radius 1 is 1.17 bits per heavy atom. The van der Waals surface area contributed by atoms with Crippen molar-refractivity contribution in [3.8, 4) is 0 Å². The summed E-state index contributed by atoms with van der Waals surface area (Å²) in [6.07, 6.45) is -7.00. The van der Waals surface area contributed by atoms with E-state index in [0.29, 0.717) is 6.42 Å². The van der Waals surface area contributed by atoms with Crippen LogP contribution in [0.3, 0.4) is 0 Å². The van der Waals surface area contributed by atoms with Crippen molar-refractivity contribution in [2.75, 3.05) is 0 Å². The minimum absolute atomic E-state index is 0.145. The van der Waals surface area contributed by atoms with Crippen LogP contribution in [-0.4, -0.2) is 46.1 Å². The second-order valence-corrected chi connectivity index (χ2v) is 7.61. The van der Waals surface area contributed by atoms with Gasteiger partial charge in [-0.3, -0.25) is 0 Å². The summed E-state index contributed by atoms with van der Waals surface area (Å²) in [6, 6.07) is 0. The Kier molecular flexibility index (Phi) is 5.86. The van der Waals surface area contributed by atoms with Gasteiger partial charge in [0.1, 0.15) is 0 Å². The number of carbonyl (C=O) groups is 1. The molecule has 2 rings (SSSR count). The quantitative estimate of drug-likeness (QED) is 0.393. The van der Waals surface area contributed by atoms with Gasteiger partial charge >= 0.3 is 24.0 Å². The molecule has 0 bridgehead atoms. The van der Waals surface area contributed by atoms with Crippen molar-refractivity contribution >= 4 is 5.97 Å². The number of rotatable bonds is 4. The van der Waals surface area contributed by atoms with Crippen LogP contribution in [-0.2, 0) is 14.3 Å². The van der Waals surface area contributed by atoms with Crippen LogP contribution in [0.25, 0.3) is 0 Å². The van der Waals surface area contributed by atoms with Crippen LogP contribution in [0.2, 0.25) is 0 Å². The van der Waals surface area contributed by atoms with Crippen molar-refractivity contribution < 1.29 is 50.1 Å². The van der Waals surface area contributed by atoms with Crippen LogP contribution >= 0.6 is 0 Å². The fourth-order valence-electron chi connectivity index (χ4n) is 4.49. The molecule has 1 saturated carbocycles. The summed E-state index contributed by atoms with van der Waals surface area (Å²) >= 11 is 0. The number of carbonyl (C=O) groups excluding carboxylic acids is 1. The lowest BCUT2D eigenvalue weighted by atomic mass is 9.63. The molecule has 1 saturated heterocycles. The first-order valence-electron chi connectivity index (χ1n) is 9.18. The summed E-state index contributed by atoms with van der Waals surface area (Å²) in [5.74, 6) is -18.2. The summed E-state index contributed by atoms with van der Waals surface area (Å²) in [5, 5.41) is 10.2. The monoisotopic (exact) mass is 436 g/mol. The summed E-state index contributed by atoms with van der Waals surface area (Å²) < 4.78 is 113. The average Bonchev–Trinajstić information content (AvgIpc) is 2.61. The third kappa shape index (κ3) is 2.98. The molecule has 0 radical (unpaired) electrons. The highest BCUT2D eigenvalue weighted by Crippen LogP contribution is 2.67. The van der Waals surface area contributed by atoms with Crippen LogP contribution < -0.4 is 0 Å². The third-order valence-corrected chi connectivity index (χ3v) is 5.96. The SMILES string of the molecule is C=CC(=O)OC1(CC)C(F)(F)C(C)(O)OC(C2CCCCC2)(C(F)(F)F)C1(F)F. The standard InChI is InChI=1S/C18H23F7O4/c1-4-12(26)28-14(5-2)16(19,20)13(3,27)29-15(17(14,21)22,18(23,24)25)11-9-7-6-8-10-11/h4,11,27H,1,5-10H2,2-3H3. The molecule has 2 aliphatic rings. The molecule has 4 nitrogen and oxygen atoms in total. The highest BCUT2D eigenvalue weighted by atomic mass is 19.4. The van der Waals surface area contributed by atoms with Crippen LogP contribution in [0.15, 0.2) is 12.7 Å². The zero-order valence-electron chi connectivity index (χ0n) is 15.9. The summed E-state index contributed by atoms with van der Waals surface area (Å²) in [7, 11) is 0. The van der Waals surface area contributed by atoms with Crippen LogP contribution in [0, 0.1) is 5.92 Å². The van der Waals surface area contributed by atoms with Gasteiger partial charge in [0.25, 0.3) is 0 Å². The fourth-order valence-corrected chi connectivity index (χ4v) is 4.49. The van der Waals surface area contributed by atoms with Crippen molar-refractivity contribution in [3.63, 3.8) is 0 Å². The lowest BCUT2D eigenvalue weighted by Crippen LogP contribution is -2.86. The number of halogens is 7. The minimum atomic E-state index is -5.86. The second-order valence-electron chi connectivity index (χ2n) is 7.61. The first-order chi connectivity index (χ1) is 13.1. The maximum absolute atomic E-state index is 15.7. The van der Waals surface area contributed by atoms with Gasteiger partial charge in [-0.1, -0.05) is 32.8 Å². The van der Waals surface area contributed by atoms with Gasteiger partial charge in [0.15, 0.2) is 0 Å². The molecule has 11 heteroatoms. The predicted molar refractivity (Wildman–Crippen MR) is 86.3 cm³/mol. The molecule has 0 aromatic rings. The molecule has 0 spiro atoms. The van der Waals surface area contributed by atoms with Crippen molar-refractivity contribution in [2.24, 2.45) is 5.92 Å². The number of ether oxygens (including phenoxy) is 2. The number of hydrogen-bond donors (Lipinski definition) is 1. The van der Waals surface area contributed by atoms with Gasteiger partial charge in [-0.2, -0.15) is 30.7 Å². The predicted octanol–water partition coefficient (Wildman–Crippen LogP) is 4.76. The molecule has 0 aromatic heterocycles. The van der Waals surface area contributed by atoms with E-state index < -0.39 is 53.3 Å². The van der Waals surface area contributed by atoms with E-state index in [0.717, 1.165) is 6.92 Å². The van der Waals surface area contributed by atoms with E-state index >= 15 is 17.6 Å². The minimum Gasteiger partial charge on any atom is -0.443 e. The van der Waals surface area contributed by atoms with Gasteiger partial charge in [-0.05, 0) is 26.2 Å². The Labute approximate surface area is 163 Å². The Morgan fingerprint density at radius 2 is 1.69 bits per heavy atom. The molecule has 1 aliphatic carbocycles.